The Balaban J connectivity index is 2.18. The Bertz CT molecular complexity index is 823. The van der Waals surface area contributed by atoms with E-state index >= 15 is 0 Å². The minimum absolute atomic E-state index is 0.341. The van der Waals surface area contributed by atoms with Crippen LogP contribution in [0.3, 0.4) is 0 Å². The van der Waals surface area contributed by atoms with Crippen molar-refractivity contribution in [2.45, 2.75) is 0 Å². The molecule has 0 heterocycles. The molecule has 1 amide bonds. The Morgan fingerprint density at radius 3 is 2.27 bits per heavy atom. The van der Waals surface area contributed by atoms with Crippen LogP contribution < -0.4 is 24.4 Å². The highest BCUT2D eigenvalue weighted by Crippen LogP contribution is 2.32. The van der Waals surface area contributed by atoms with E-state index in [9.17, 15) is 4.79 Å². The zero-order valence-corrected chi connectivity index (χ0v) is 16.4. The van der Waals surface area contributed by atoms with Gasteiger partial charge in [0.15, 0.2) is 0 Å². The van der Waals surface area contributed by atoms with Crippen molar-refractivity contribution < 1.29 is 23.7 Å². The van der Waals surface area contributed by atoms with E-state index in [0.717, 1.165) is 4.47 Å². The van der Waals surface area contributed by atoms with Gasteiger partial charge < -0.3 is 18.9 Å². The summed E-state index contributed by atoms with van der Waals surface area (Å²) < 4.78 is 21.6. The molecule has 2 aromatic rings. The van der Waals surface area contributed by atoms with E-state index in [1.165, 1.54) is 13.3 Å². The van der Waals surface area contributed by atoms with Crippen LogP contribution in [-0.4, -0.2) is 40.6 Å². The molecule has 26 heavy (non-hydrogen) atoms. The fourth-order valence-corrected chi connectivity index (χ4v) is 2.71. The van der Waals surface area contributed by atoms with Crippen LogP contribution in [0.15, 0.2) is 39.9 Å². The molecular weight excluding hydrogens is 404 g/mol. The second-order valence-corrected chi connectivity index (χ2v) is 5.85. The lowest BCUT2D eigenvalue weighted by molar-refractivity contribution is 0.0952. The van der Waals surface area contributed by atoms with E-state index in [1.54, 1.807) is 51.7 Å². The van der Waals surface area contributed by atoms with Gasteiger partial charge in [-0.2, -0.15) is 5.10 Å². The summed E-state index contributed by atoms with van der Waals surface area (Å²) in [5.74, 6) is 1.76. The SMILES string of the molecule is COc1ccc(C(=O)N/N=C\c2cc(Br)c(OC)cc2OC)c(OC)c1. The van der Waals surface area contributed by atoms with Crippen LogP contribution in [0.2, 0.25) is 0 Å². The van der Waals surface area contributed by atoms with E-state index < -0.39 is 5.91 Å². The number of amides is 1. The number of hydrogen-bond acceptors (Lipinski definition) is 6. The zero-order chi connectivity index (χ0) is 19.1. The van der Waals surface area contributed by atoms with Crippen molar-refractivity contribution in [3.63, 3.8) is 0 Å². The number of benzene rings is 2. The first-order valence-electron chi connectivity index (χ1n) is 7.51. The zero-order valence-electron chi connectivity index (χ0n) is 14.8. The molecule has 1 N–H and O–H groups in total. The van der Waals surface area contributed by atoms with Gasteiger partial charge in [0, 0.05) is 17.7 Å². The molecular formula is C18H19BrN2O5. The minimum Gasteiger partial charge on any atom is -0.497 e. The monoisotopic (exact) mass is 422 g/mol. The first kappa shape index (κ1) is 19.6. The fourth-order valence-electron chi connectivity index (χ4n) is 2.19. The van der Waals surface area contributed by atoms with Crippen molar-refractivity contribution in [1.29, 1.82) is 0 Å². The minimum atomic E-state index is -0.410. The number of methoxy groups -OCH3 is 4. The van der Waals surface area contributed by atoms with Crippen molar-refractivity contribution in [1.82, 2.24) is 5.43 Å². The fraction of sp³-hybridized carbons (Fsp3) is 0.222. The Labute approximate surface area is 160 Å². The smallest absolute Gasteiger partial charge is 0.275 e. The molecule has 2 rings (SSSR count). The molecule has 2 aromatic carbocycles. The number of halogens is 1. The molecule has 0 aromatic heterocycles. The van der Waals surface area contributed by atoms with Gasteiger partial charge in [-0.25, -0.2) is 5.43 Å². The van der Waals surface area contributed by atoms with Gasteiger partial charge in [-0.3, -0.25) is 4.79 Å². The molecule has 0 saturated heterocycles. The Kier molecular flexibility index (Phi) is 6.85. The first-order chi connectivity index (χ1) is 12.5. The predicted molar refractivity (Wildman–Crippen MR) is 102 cm³/mol. The Morgan fingerprint density at radius 1 is 0.962 bits per heavy atom. The van der Waals surface area contributed by atoms with Crippen molar-refractivity contribution in [3.8, 4) is 23.0 Å². The lowest BCUT2D eigenvalue weighted by Crippen LogP contribution is -2.18. The normalized spacial score (nSPS) is 10.5. The van der Waals surface area contributed by atoms with Gasteiger partial charge in [-0.15, -0.1) is 0 Å². The average Bonchev–Trinajstić information content (AvgIpc) is 2.67. The molecule has 0 saturated carbocycles. The van der Waals surface area contributed by atoms with Crippen LogP contribution in [-0.2, 0) is 0 Å². The first-order valence-corrected chi connectivity index (χ1v) is 8.30. The standard InChI is InChI=1S/C18H19BrN2O5/c1-23-12-5-6-13(16(8-12)25-3)18(22)21-20-10-11-7-14(19)17(26-4)9-15(11)24-2/h5-10H,1-4H3,(H,21,22)/b20-10-. The number of nitrogens with zero attached hydrogens (tertiary/aromatic N) is 1. The van der Waals surface area contributed by atoms with E-state index in [1.807, 2.05) is 0 Å². The molecule has 7 nitrogen and oxygen atoms in total. The maximum Gasteiger partial charge on any atom is 0.275 e. The molecule has 0 bridgehead atoms. The van der Waals surface area contributed by atoms with Gasteiger partial charge in [0.25, 0.3) is 5.91 Å². The number of carbonyl (C=O) groups excluding carboxylic acids is 1. The molecule has 0 radical (unpaired) electrons. The van der Waals surface area contributed by atoms with Crippen LogP contribution in [0.4, 0.5) is 0 Å². The molecule has 0 fully saturated rings. The number of ether oxygens (including phenoxy) is 4. The van der Waals surface area contributed by atoms with Gasteiger partial charge in [0.05, 0.1) is 44.7 Å². The summed E-state index contributed by atoms with van der Waals surface area (Å²) in [7, 11) is 6.13. The Morgan fingerprint density at radius 2 is 1.65 bits per heavy atom. The van der Waals surface area contributed by atoms with E-state index in [2.05, 4.69) is 26.5 Å². The van der Waals surface area contributed by atoms with Crippen molar-refractivity contribution in [2.75, 3.05) is 28.4 Å². The van der Waals surface area contributed by atoms with Gasteiger partial charge >= 0.3 is 0 Å². The number of nitrogens with one attached hydrogen (secondary N) is 1. The number of hydrogen-bond donors (Lipinski definition) is 1. The highest BCUT2D eigenvalue weighted by molar-refractivity contribution is 9.10. The third kappa shape index (κ3) is 4.45. The van der Waals surface area contributed by atoms with Crippen LogP contribution in [0.1, 0.15) is 15.9 Å². The largest absolute Gasteiger partial charge is 0.497 e. The quantitative estimate of drug-likeness (QED) is 0.547. The lowest BCUT2D eigenvalue weighted by Gasteiger charge is -2.10. The summed E-state index contributed by atoms with van der Waals surface area (Å²) in [6.07, 6.45) is 1.48. The summed E-state index contributed by atoms with van der Waals surface area (Å²) in [6.45, 7) is 0. The summed E-state index contributed by atoms with van der Waals surface area (Å²) in [5, 5.41) is 3.99. The average molecular weight is 423 g/mol. The lowest BCUT2D eigenvalue weighted by atomic mass is 10.2. The summed E-state index contributed by atoms with van der Waals surface area (Å²) in [4.78, 5) is 12.3. The molecule has 0 spiro atoms. The van der Waals surface area contributed by atoms with Gasteiger partial charge in [-0.05, 0) is 34.1 Å². The highest BCUT2D eigenvalue weighted by Gasteiger charge is 2.13. The van der Waals surface area contributed by atoms with Crippen LogP contribution in [0.5, 0.6) is 23.0 Å². The van der Waals surface area contributed by atoms with Crippen molar-refractivity contribution in [3.05, 3.63) is 45.9 Å². The van der Waals surface area contributed by atoms with E-state index in [-0.39, 0.29) is 0 Å². The van der Waals surface area contributed by atoms with Crippen molar-refractivity contribution >= 4 is 28.1 Å². The van der Waals surface area contributed by atoms with Crippen molar-refractivity contribution in [2.24, 2.45) is 5.10 Å². The molecule has 8 heteroatoms. The third-order valence-corrected chi connectivity index (χ3v) is 4.15. The molecule has 0 aliphatic heterocycles. The van der Waals surface area contributed by atoms with Crippen LogP contribution in [0, 0.1) is 0 Å². The van der Waals surface area contributed by atoms with Gasteiger partial charge in [-0.1, -0.05) is 0 Å². The molecule has 0 aliphatic rings. The predicted octanol–water partition coefficient (Wildman–Crippen LogP) is 3.25. The maximum atomic E-state index is 12.3. The second-order valence-electron chi connectivity index (χ2n) is 4.99. The molecule has 0 unspecified atom stereocenters. The summed E-state index contributed by atoms with van der Waals surface area (Å²) in [6, 6.07) is 8.40. The number of rotatable bonds is 7. The van der Waals surface area contributed by atoms with E-state index in [4.69, 9.17) is 18.9 Å². The summed E-state index contributed by atoms with van der Waals surface area (Å²) in [5.41, 5.74) is 3.48. The van der Waals surface area contributed by atoms with Crippen LogP contribution in [0.25, 0.3) is 0 Å². The second kappa shape index (κ2) is 9.10. The number of carbonyl (C=O) groups is 1. The van der Waals surface area contributed by atoms with Gasteiger partial charge in [0.1, 0.15) is 23.0 Å². The molecule has 0 atom stereocenters. The highest BCUT2D eigenvalue weighted by atomic mass is 79.9. The maximum absolute atomic E-state index is 12.3. The molecule has 0 aliphatic carbocycles. The summed E-state index contributed by atoms with van der Waals surface area (Å²) >= 11 is 3.40. The topological polar surface area (TPSA) is 78.4 Å². The Hall–Kier alpha value is -2.74. The third-order valence-electron chi connectivity index (χ3n) is 3.53. The van der Waals surface area contributed by atoms with Gasteiger partial charge in [0.2, 0.25) is 0 Å². The number of hydrazone groups is 1. The van der Waals surface area contributed by atoms with Crippen LogP contribution >= 0.6 is 15.9 Å². The molecule has 138 valence electrons. The van der Waals surface area contributed by atoms with E-state index in [0.29, 0.717) is 34.1 Å².